The Labute approximate surface area is 137 Å². The summed E-state index contributed by atoms with van der Waals surface area (Å²) in [6, 6.07) is 1.27. The molecule has 1 nitrogen and oxygen atoms in total. The quantitative estimate of drug-likeness (QED) is 0.197. The van der Waals surface area contributed by atoms with Gasteiger partial charge in [0.1, 0.15) is 0 Å². The molecule has 2 heteroatoms. The fourth-order valence-electron chi connectivity index (χ4n) is 2.85. The Morgan fingerprint density at radius 2 is 0.857 bits per heavy atom. The van der Waals surface area contributed by atoms with Crippen LogP contribution in [0, 0.1) is 0 Å². The second kappa shape index (κ2) is 20.2. The number of hydrogen-bond acceptors (Lipinski definition) is 1. The van der Waals surface area contributed by atoms with Gasteiger partial charge in [0.15, 0.2) is 0 Å². The summed E-state index contributed by atoms with van der Waals surface area (Å²) < 4.78 is 5.09. The van der Waals surface area contributed by atoms with Crippen LogP contribution in [0.1, 0.15) is 110 Å². The molecule has 0 fully saturated rings. The molecule has 0 atom stereocenters. The van der Waals surface area contributed by atoms with Crippen molar-refractivity contribution in [1.82, 2.24) is 0 Å². The maximum absolute atomic E-state index is 5.09. The molecule has 0 spiro atoms. The van der Waals surface area contributed by atoms with Gasteiger partial charge in [-0.2, -0.15) is 0 Å². The molecule has 0 saturated carbocycles. The van der Waals surface area contributed by atoms with Gasteiger partial charge in [0.05, 0.1) is 0 Å². The van der Waals surface area contributed by atoms with Crippen LogP contribution < -0.4 is 0 Å². The highest BCUT2D eigenvalue weighted by atomic mass is 28.2. The summed E-state index contributed by atoms with van der Waals surface area (Å²) in [6.07, 6.45) is 23.2. The molecule has 126 valence electrons. The third-order valence-corrected chi connectivity index (χ3v) is 5.12. The molecular formula is C19H40OSi. The van der Waals surface area contributed by atoms with Gasteiger partial charge in [-0.25, -0.2) is 0 Å². The highest BCUT2D eigenvalue weighted by Gasteiger charge is 1.95. The first kappa shape index (κ1) is 21.2. The Hall–Kier alpha value is 0.177. The summed E-state index contributed by atoms with van der Waals surface area (Å²) in [5.74, 6) is 0. The molecule has 0 unspecified atom stereocenters. The van der Waals surface area contributed by atoms with Gasteiger partial charge in [0.25, 0.3) is 0 Å². The smallest absolute Gasteiger partial charge is 0.229 e. The van der Waals surface area contributed by atoms with Crippen LogP contribution in [0.25, 0.3) is 0 Å². The fraction of sp³-hybridized carbons (Fsp3) is 1.00. The second-order valence-corrected chi connectivity index (χ2v) is 7.60. The van der Waals surface area contributed by atoms with E-state index in [0.717, 1.165) is 9.76 Å². The van der Waals surface area contributed by atoms with Gasteiger partial charge < -0.3 is 4.43 Å². The maximum Gasteiger partial charge on any atom is 0.229 e. The lowest BCUT2D eigenvalue weighted by Gasteiger charge is -2.03. The van der Waals surface area contributed by atoms with Crippen LogP contribution in [0.4, 0.5) is 0 Å². The Balaban J connectivity index is 2.90. The average molecular weight is 313 g/mol. The minimum Gasteiger partial charge on any atom is -0.421 e. The molecule has 2 radical (unpaired) electrons. The van der Waals surface area contributed by atoms with Gasteiger partial charge in [-0.1, -0.05) is 110 Å². The zero-order chi connectivity index (χ0) is 15.4. The third-order valence-electron chi connectivity index (χ3n) is 4.28. The van der Waals surface area contributed by atoms with E-state index >= 15 is 0 Å². The summed E-state index contributed by atoms with van der Waals surface area (Å²) in [7, 11) is 2.54. The summed E-state index contributed by atoms with van der Waals surface area (Å²) in [5.41, 5.74) is 0. The van der Waals surface area contributed by atoms with E-state index < -0.39 is 0 Å². The molecule has 0 aromatic carbocycles. The molecule has 0 aliphatic carbocycles. The minimum absolute atomic E-state index is 0.726. The van der Waals surface area contributed by atoms with E-state index in [0.29, 0.717) is 0 Å². The van der Waals surface area contributed by atoms with Crippen molar-refractivity contribution < 1.29 is 4.43 Å². The molecule has 0 rings (SSSR count). The van der Waals surface area contributed by atoms with E-state index in [-0.39, 0.29) is 0 Å². The maximum atomic E-state index is 5.09. The monoisotopic (exact) mass is 312 g/mol. The predicted molar refractivity (Wildman–Crippen MR) is 97.1 cm³/mol. The number of unbranched alkanes of at least 4 members (excludes halogenated alkanes) is 15. The Bertz CT molecular complexity index is 155. The van der Waals surface area contributed by atoms with E-state index in [1.807, 2.05) is 7.11 Å². The van der Waals surface area contributed by atoms with Crippen LogP contribution >= 0.6 is 0 Å². The molecular weight excluding hydrogens is 272 g/mol. The van der Waals surface area contributed by atoms with Gasteiger partial charge in [-0.05, 0) is 6.04 Å². The molecule has 0 aliphatic heterocycles. The Morgan fingerprint density at radius 3 is 1.19 bits per heavy atom. The third kappa shape index (κ3) is 20.2. The normalized spacial score (nSPS) is 11.1. The van der Waals surface area contributed by atoms with Crippen molar-refractivity contribution in [1.29, 1.82) is 0 Å². The molecule has 0 saturated heterocycles. The first-order valence-electron chi connectivity index (χ1n) is 9.67. The molecule has 0 amide bonds. The lowest BCUT2D eigenvalue weighted by molar-refractivity contribution is 0.438. The molecule has 0 aliphatic rings. The fourth-order valence-corrected chi connectivity index (χ4v) is 3.45. The SMILES string of the molecule is CCCCCCCCCCCCCCCCCC[Si]OC. The Kier molecular flexibility index (Phi) is 20.3. The summed E-state index contributed by atoms with van der Waals surface area (Å²) in [4.78, 5) is 0. The van der Waals surface area contributed by atoms with Gasteiger partial charge in [-0.3, -0.25) is 0 Å². The molecule has 0 heterocycles. The summed E-state index contributed by atoms with van der Waals surface area (Å²) >= 11 is 0. The topological polar surface area (TPSA) is 9.23 Å². The number of hydrogen-bond donors (Lipinski definition) is 0. The van der Waals surface area contributed by atoms with Crippen LogP contribution in [0.3, 0.4) is 0 Å². The van der Waals surface area contributed by atoms with E-state index in [4.69, 9.17) is 4.43 Å². The van der Waals surface area contributed by atoms with Crippen LogP contribution in [-0.2, 0) is 4.43 Å². The molecule has 0 N–H and O–H groups in total. The average Bonchev–Trinajstić information content (AvgIpc) is 2.50. The highest BCUT2D eigenvalue weighted by Crippen LogP contribution is 2.13. The van der Waals surface area contributed by atoms with E-state index in [1.54, 1.807) is 0 Å². The van der Waals surface area contributed by atoms with Crippen molar-refractivity contribution in [3.8, 4) is 0 Å². The second-order valence-electron chi connectivity index (χ2n) is 6.40. The highest BCUT2D eigenvalue weighted by molar-refractivity contribution is 6.26. The van der Waals surface area contributed by atoms with Crippen molar-refractivity contribution in [2.75, 3.05) is 7.11 Å². The van der Waals surface area contributed by atoms with Crippen LogP contribution in [0.15, 0.2) is 0 Å². The summed E-state index contributed by atoms with van der Waals surface area (Å²) in [5, 5.41) is 0. The Morgan fingerprint density at radius 1 is 0.524 bits per heavy atom. The standard InChI is InChI=1S/C19H40OSi/c1-3-4-5-6-7-8-9-10-11-12-13-14-15-16-17-18-19-21-20-2/h3-19H2,1-2H3. The summed E-state index contributed by atoms with van der Waals surface area (Å²) in [6.45, 7) is 2.29. The van der Waals surface area contributed by atoms with Crippen LogP contribution in [0.5, 0.6) is 0 Å². The predicted octanol–water partition coefficient (Wildman–Crippen LogP) is 6.93. The van der Waals surface area contributed by atoms with Crippen LogP contribution in [0.2, 0.25) is 6.04 Å². The molecule has 0 aromatic rings. The van der Waals surface area contributed by atoms with Crippen molar-refractivity contribution in [3.63, 3.8) is 0 Å². The van der Waals surface area contributed by atoms with Gasteiger partial charge in [0, 0.05) is 7.11 Å². The van der Waals surface area contributed by atoms with E-state index in [1.165, 1.54) is 109 Å². The van der Waals surface area contributed by atoms with E-state index in [2.05, 4.69) is 6.92 Å². The van der Waals surface area contributed by atoms with Crippen molar-refractivity contribution in [2.24, 2.45) is 0 Å². The lowest BCUT2D eigenvalue weighted by Crippen LogP contribution is -1.91. The van der Waals surface area contributed by atoms with Gasteiger partial charge >= 0.3 is 0 Å². The van der Waals surface area contributed by atoms with Gasteiger partial charge in [0.2, 0.25) is 9.76 Å². The first-order chi connectivity index (χ1) is 10.4. The largest absolute Gasteiger partial charge is 0.421 e. The van der Waals surface area contributed by atoms with Crippen LogP contribution in [-0.4, -0.2) is 16.9 Å². The number of rotatable bonds is 18. The minimum atomic E-state index is 0.726. The lowest BCUT2D eigenvalue weighted by atomic mass is 10.0. The van der Waals surface area contributed by atoms with Crippen molar-refractivity contribution in [3.05, 3.63) is 0 Å². The van der Waals surface area contributed by atoms with Crippen molar-refractivity contribution >= 4 is 9.76 Å². The van der Waals surface area contributed by atoms with Crippen molar-refractivity contribution in [2.45, 2.75) is 116 Å². The van der Waals surface area contributed by atoms with Gasteiger partial charge in [-0.15, -0.1) is 0 Å². The zero-order valence-electron chi connectivity index (χ0n) is 14.9. The molecule has 0 bridgehead atoms. The first-order valence-corrected chi connectivity index (χ1v) is 10.8. The zero-order valence-corrected chi connectivity index (χ0v) is 15.9. The molecule has 21 heavy (non-hydrogen) atoms. The molecule has 0 aromatic heterocycles. The van der Waals surface area contributed by atoms with E-state index in [9.17, 15) is 0 Å².